The molecular formula is C16H17N3O4S. The first kappa shape index (κ1) is 16.6. The predicted octanol–water partition coefficient (Wildman–Crippen LogP) is 1.56. The molecule has 1 fully saturated rings. The summed E-state index contributed by atoms with van der Waals surface area (Å²) in [6.07, 6.45) is 0.780. The van der Waals surface area contributed by atoms with Crippen LogP contribution in [0.1, 0.15) is 5.56 Å². The minimum atomic E-state index is -0.657. The van der Waals surface area contributed by atoms with Crippen molar-refractivity contribution in [1.82, 2.24) is 4.98 Å². The maximum absolute atomic E-state index is 12.3. The lowest BCUT2D eigenvalue weighted by Gasteiger charge is -2.26. The molecule has 0 amide bonds. The van der Waals surface area contributed by atoms with E-state index in [0.717, 1.165) is 10.1 Å². The minimum Gasteiger partial charge on any atom is -0.467 e. The molecule has 1 aliphatic heterocycles. The highest BCUT2D eigenvalue weighted by Crippen LogP contribution is 2.36. The van der Waals surface area contributed by atoms with E-state index >= 15 is 0 Å². The Morgan fingerprint density at radius 1 is 1.42 bits per heavy atom. The Morgan fingerprint density at radius 3 is 2.83 bits per heavy atom. The summed E-state index contributed by atoms with van der Waals surface area (Å²) < 4.78 is 16.8. The number of nitrogens with zero attached hydrogens (tertiary/aromatic N) is 3. The molecule has 0 N–H and O–H groups in total. The van der Waals surface area contributed by atoms with E-state index in [0.29, 0.717) is 17.9 Å². The molecule has 0 unspecified atom stereocenters. The van der Waals surface area contributed by atoms with Crippen LogP contribution in [-0.2, 0) is 19.0 Å². The fraction of sp³-hybridized carbons (Fsp3) is 0.438. The fourth-order valence-electron chi connectivity index (χ4n) is 3.12. The zero-order valence-corrected chi connectivity index (χ0v) is 14.4. The molecule has 0 bridgehead atoms. The average Bonchev–Trinajstić information content (AvgIpc) is 3.24. The summed E-state index contributed by atoms with van der Waals surface area (Å²) in [5.74, 6) is 0.230. The molecule has 8 heteroatoms. The van der Waals surface area contributed by atoms with Crippen molar-refractivity contribution >= 4 is 33.2 Å². The summed E-state index contributed by atoms with van der Waals surface area (Å²) in [6, 6.07) is 3.37. The zero-order valence-electron chi connectivity index (χ0n) is 13.6. The van der Waals surface area contributed by atoms with Crippen molar-refractivity contribution < 1.29 is 19.0 Å². The first-order valence-electron chi connectivity index (χ1n) is 7.32. The van der Waals surface area contributed by atoms with Crippen LogP contribution in [0.4, 0.5) is 5.82 Å². The first-order valence-corrected chi connectivity index (χ1v) is 8.20. The molecule has 1 saturated heterocycles. The van der Waals surface area contributed by atoms with Gasteiger partial charge in [-0.1, -0.05) is 0 Å². The Bertz CT molecular complexity index is 800. The molecule has 126 valence electrons. The second kappa shape index (κ2) is 6.73. The first-order chi connectivity index (χ1) is 11.7. The number of pyridine rings is 1. The van der Waals surface area contributed by atoms with E-state index in [-0.39, 0.29) is 6.10 Å². The van der Waals surface area contributed by atoms with Crippen molar-refractivity contribution in [3.63, 3.8) is 0 Å². The molecule has 0 aromatic carbocycles. The quantitative estimate of drug-likeness (QED) is 0.776. The second-order valence-corrected chi connectivity index (χ2v) is 6.28. The third-order valence-electron chi connectivity index (χ3n) is 4.27. The standard InChI is InChI=1S/C16H17N3O4S/c1-21-11-8-19(12(13(11)22-2)16(20)23-3)15-14-10(4-5-24-14)9(6-17)7-18-15/h4-5,7,11-13H,8H2,1-3H3/t11-,12-,13-/m1/s1. The van der Waals surface area contributed by atoms with Crippen LogP contribution in [0.2, 0.25) is 0 Å². The van der Waals surface area contributed by atoms with E-state index in [1.54, 1.807) is 14.2 Å². The number of hydrogen-bond donors (Lipinski definition) is 0. The van der Waals surface area contributed by atoms with Crippen LogP contribution in [0.25, 0.3) is 10.1 Å². The molecule has 0 spiro atoms. The molecule has 3 rings (SSSR count). The topological polar surface area (TPSA) is 84.7 Å². The molecule has 3 heterocycles. The summed E-state index contributed by atoms with van der Waals surface area (Å²) in [7, 11) is 4.48. The van der Waals surface area contributed by atoms with Gasteiger partial charge in [-0.2, -0.15) is 5.26 Å². The van der Waals surface area contributed by atoms with E-state index in [9.17, 15) is 10.1 Å². The molecular weight excluding hydrogens is 330 g/mol. The van der Waals surface area contributed by atoms with Gasteiger partial charge >= 0.3 is 5.97 Å². The molecule has 2 aromatic heterocycles. The zero-order chi connectivity index (χ0) is 17.3. The maximum Gasteiger partial charge on any atom is 0.331 e. The number of nitriles is 1. The number of thiophene rings is 1. The number of rotatable bonds is 4. The summed E-state index contributed by atoms with van der Waals surface area (Å²) >= 11 is 1.48. The van der Waals surface area contributed by atoms with Gasteiger partial charge < -0.3 is 19.1 Å². The van der Waals surface area contributed by atoms with Crippen molar-refractivity contribution in [3.05, 3.63) is 23.2 Å². The van der Waals surface area contributed by atoms with Gasteiger partial charge in [0.25, 0.3) is 0 Å². The number of carbonyl (C=O) groups excluding carboxylic acids is 1. The van der Waals surface area contributed by atoms with Gasteiger partial charge in [0.15, 0.2) is 6.04 Å². The van der Waals surface area contributed by atoms with Gasteiger partial charge in [0, 0.05) is 32.3 Å². The van der Waals surface area contributed by atoms with E-state index in [1.807, 2.05) is 16.3 Å². The van der Waals surface area contributed by atoms with Crippen molar-refractivity contribution in [2.45, 2.75) is 18.2 Å². The molecule has 3 atom stereocenters. The van der Waals surface area contributed by atoms with Gasteiger partial charge in [-0.05, 0) is 11.4 Å². The predicted molar refractivity (Wildman–Crippen MR) is 89.1 cm³/mol. The Kier molecular flexibility index (Phi) is 4.66. The van der Waals surface area contributed by atoms with Crippen molar-refractivity contribution in [2.24, 2.45) is 0 Å². The van der Waals surface area contributed by atoms with E-state index in [1.165, 1.54) is 24.6 Å². The maximum atomic E-state index is 12.3. The SMILES string of the molecule is COC(=O)[C@H]1[C@H](OC)[C@H](OC)CN1c1ncc(C#N)c2ccsc12. The van der Waals surface area contributed by atoms with Crippen LogP contribution in [0.5, 0.6) is 0 Å². The highest BCUT2D eigenvalue weighted by molar-refractivity contribution is 7.17. The van der Waals surface area contributed by atoms with Crippen molar-refractivity contribution in [2.75, 3.05) is 32.8 Å². The van der Waals surface area contributed by atoms with Crippen LogP contribution in [-0.4, -0.2) is 57.1 Å². The number of esters is 1. The van der Waals surface area contributed by atoms with Gasteiger partial charge in [0.2, 0.25) is 0 Å². The number of aromatic nitrogens is 1. The third-order valence-corrected chi connectivity index (χ3v) is 5.18. The number of carbonyl (C=O) groups is 1. The van der Waals surface area contributed by atoms with Gasteiger partial charge in [0.05, 0.1) is 17.4 Å². The van der Waals surface area contributed by atoms with Crippen molar-refractivity contribution in [1.29, 1.82) is 5.26 Å². The average molecular weight is 347 g/mol. The number of fused-ring (bicyclic) bond motifs is 1. The smallest absolute Gasteiger partial charge is 0.331 e. The number of anilines is 1. The van der Waals surface area contributed by atoms with Crippen LogP contribution < -0.4 is 4.90 Å². The molecule has 7 nitrogen and oxygen atoms in total. The van der Waals surface area contributed by atoms with E-state index in [2.05, 4.69) is 11.1 Å². The second-order valence-electron chi connectivity index (χ2n) is 5.37. The highest BCUT2D eigenvalue weighted by atomic mass is 32.1. The van der Waals surface area contributed by atoms with Crippen LogP contribution in [0.15, 0.2) is 17.6 Å². The summed E-state index contributed by atoms with van der Waals surface area (Å²) in [5, 5.41) is 12.0. The van der Waals surface area contributed by atoms with Crippen molar-refractivity contribution in [3.8, 4) is 6.07 Å². The Hall–Kier alpha value is -2.21. The largest absolute Gasteiger partial charge is 0.467 e. The molecule has 0 saturated carbocycles. The number of hydrogen-bond acceptors (Lipinski definition) is 8. The molecule has 1 aliphatic rings. The molecule has 2 aromatic rings. The number of ether oxygens (including phenoxy) is 3. The van der Waals surface area contributed by atoms with Gasteiger partial charge in [-0.3, -0.25) is 0 Å². The lowest BCUT2D eigenvalue weighted by molar-refractivity contribution is -0.146. The minimum absolute atomic E-state index is 0.286. The van der Waals surface area contributed by atoms with E-state index < -0.39 is 18.1 Å². The van der Waals surface area contributed by atoms with Gasteiger partial charge in [0.1, 0.15) is 24.1 Å². The summed E-state index contributed by atoms with van der Waals surface area (Å²) in [5.41, 5.74) is 0.510. The fourth-order valence-corrected chi connectivity index (χ4v) is 4.04. The molecule has 0 radical (unpaired) electrons. The third kappa shape index (κ3) is 2.51. The Morgan fingerprint density at radius 2 is 2.21 bits per heavy atom. The van der Waals surface area contributed by atoms with Gasteiger partial charge in [-0.25, -0.2) is 9.78 Å². The molecule has 24 heavy (non-hydrogen) atoms. The normalized spacial score (nSPS) is 23.4. The lowest BCUT2D eigenvalue weighted by atomic mass is 10.1. The van der Waals surface area contributed by atoms with Crippen LogP contribution in [0.3, 0.4) is 0 Å². The Labute approximate surface area is 143 Å². The summed E-state index contributed by atoms with van der Waals surface area (Å²) in [4.78, 5) is 18.6. The van der Waals surface area contributed by atoms with Crippen LogP contribution in [0, 0.1) is 11.3 Å². The number of methoxy groups -OCH3 is 3. The summed E-state index contributed by atoms with van der Waals surface area (Å²) in [6.45, 7) is 0.445. The van der Waals surface area contributed by atoms with Gasteiger partial charge in [-0.15, -0.1) is 11.3 Å². The lowest BCUT2D eigenvalue weighted by Crippen LogP contribution is -2.45. The van der Waals surface area contributed by atoms with E-state index in [4.69, 9.17) is 14.2 Å². The monoisotopic (exact) mass is 347 g/mol. The Balaban J connectivity index is 2.12. The van der Waals surface area contributed by atoms with Crippen LogP contribution >= 0.6 is 11.3 Å². The molecule has 0 aliphatic carbocycles. The highest BCUT2D eigenvalue weighted by Gasteiger charge is 2.48.